The number of fused-ring (bicyclic) bond motifs is 1. The third-order valence-electron chi connectivity index (χ3n) is 3.86. The Bertz CT molecular complexity index is 825. The molecule has 0 aromatic heterocycles. The quantitative estimate of drug-likeness (QED) is 0.875. The molecule has 3 rings (SSSR count). The Hall–Kier alpha value is -1.89. The van der Waals surface area contributed by atoms with E-state index in [1.165, 1.54) is 6.07 Å². The van der Waals surface area contributed by atoms with Gasteiger partial charge in [-0.3, -0.25) is 9.69 Å². The van der Waals surface area contributed by atoms with Crippen molar-refractivity contribution in [3.63, 3.8) is 0 Å². The van der Waals surface area contributed by atoms with Gasteiger partial charge in [-0.05, 0) is 37.6 Å². The van der Waals surface area contributed by atoms with Gasteiger partial charge in [0.05, 0.1) is 21.2 Å². The lowest BCUT2D eigenvalue weighted by molar-refractivity contribution is 0.0976. The standard InChI is InChI=1S/C16H16ClN3O2S/c1-9-5-3-4-6-14(9)20-10(2)19-13-8-12(17)15(23(18)22)7-11(13)16(20)21/h3-8,10,19H,18H2,1-2H3. The minimum atomic E-state index is -1.75. The molecule has 5 nitrogen and oxygen atoms in total. The van der Waals surface area contributed by atoms with Gasteiger partial charge in [-0.2, -0.15) is 0 Å². The molecule has 0 spiro atoms. The first-order chi connectivity index (χ1) is 10.9. The number of amides is 1. The number of aryl methyl sites for hydroxylation is 1. The predicted octanol–water partition coefficient (Wildman–Crippen LogP) is 3.05. The van der Waals surface area contributed by atoms with Gasteiger partial charge in [-0.1, -0.05) is 29.8 Å². The van der Waals surface area contributed by atoms with Crippen LogP contribution >= 0.6 is 11.6 Å². The van der Waals surface area contributed by atoms with Crippen LogP contribution in [0.15, 0.2) is 41.3 Å². The van der Waals surface area contributed by atoms with Crippen molar-refractivity contribution in [1.29, 1.82) is 0 Å². The number of carbonyl (C=O) groups excluding carboxylic acids is 1. The van der Waals surface area contributed by atoms with Gasteiger partial charge in [0, 0.05) is 5.69 Å². The van der Waals surface area contributed by atoms with Crippen molar-refractivity contribution in [2.24, 2.45) is 5.14 Å². The average molecular weight is 350 g/mol. The molecule has 7 heteroatoms. The first kappa shape index (κ1) is 16.0. The van der Waals surface area contributed by atoms with E-state index in [4.69, 9.17) is 16.7 Å². The van der Waals surface area contributed by atoms with Crippen molar-refractivity contribution in [3.8, 4) is 0 Å². The predicted molar refractivity (Wildman–Crippen MR) is 93.1 cm³/mol. The van der Waals surface area contributed by atoms with E-state index < -0.39 is 11.0 Å². The highest BCUT2D eigenvalue weighted by atomic mass is 35.5. The van der Waals surface area contributed by atoms with Gasteiger partial charge in [-0.25, -0.2) is 9.35 Å². The van der Waals surface area contributed by atoms with Gasteiger partial charge in [0.2, 0.25) is 0 Å². The third kappa shape index (κ3) is 2.73. The number of nitrogens with one attached hydrogen (secondary N) is 1. The van der Waals surface area contributed by atoms with Crippen LogP contribution in [0, 0.1) is 6.92 Å². The molecule has 0 aliphatic carbocycles. The van der Waals surface area contributed by atoms with Crippen molar-refractivity contribution in [1.82, 2.24) is 0 Å². The average Bonchev–Trinajstić information content (AvgIpc) is 2.48. The molecule has 1 aliphatic heterocycles. The van der Waals surface area contributed by atoms with Gasteiger partial charge in [-0.15, -0.1) is 0 Å². The Morgan fingerprint density at radius 1 is 1.30 bits per heavy atom. The van der Waals surface area contributed by atoms with Crippen LogP contribution in [0.2, 0.25) is 5.02 Å². The molecule has 2 aromatic carbocycles. The van der Waals surface area contributed by atoms with Crippen molar-refractivity contribution in [2.45, 2.75) is 24.9 Å². The smallest absolute Gasteiger partial charge is 0.262 e. The molecule has 0 fully saturated rings. The maximum absolute atomic E-state index is 13.0. The lowest BCUT2D eigenvalue weighted by Crippen LogP contribution is -2.47. The Morgan fingerprint density at radius 3 is 2.65 bits per heavy atom. The van der Waals surface area contributed by atoms with Crippen LogP contribution in [-0.4, -0.2) is 16.3 Å². The van der Waals surface area contributed by atoms with Crippen molar-refractivity contribution >= 4 is 39.9 Å². The number of rotatable bonds is 2. The van der Waals surface area contributed by atoms with Gasteiger partial charge in [0.1, 0.15) is 17.2 Å². The maximum atomic E-state index is 13.0. The third-order valence-corrected chi connectivity index (χ3v) is 5.06. The summed E-state index contributed by atoms with van der Waals surface area (Å²) in [6.45, 7) is 3.85. The fourth-order valence-corrected chi connectivity index (χ4v) is 3.63. The molecule has 2 unspecified atom stereocenters. The summed E-state index contributed by atoms with van der Waals surface area (Å²) in [5.74, 6) is -0.177. The second kappa shape index (κ2) is 5.96. The summed E-state index contributed by atoms with van der Waals surface area (Å²) in [7, 11) is -1.75. The van der Waals surface area contributed by atoms with Crippen LogP contribution in [0.1, 0.15) is 22.8 Å². The SMILES string of the molecule is Cc1ccccc1N1C(=O)c2cc(S(N)=O)c(Cl)cc2NC1C. The summed E-state index contributed by atoms with van der Waals surface area (Å²) in [6, 6.07) is 10.8. The fourth-order valence-electron chi connectivity index (χ4n) is 2.75. The molecule has 1 aliphatic rings. The molecule has 3 N–H and O–H groups in total. The van der Waals surface area contributed by atoms with Crippen LogP contribution in [0.3, 0.4) is 0 Å². The minimum absolute atomic E-state index is 0.177. The van der Waals surface area contributed by atoms with E-state index in [1.807, 2.05) is 38.1 Å². The molecular formula is C16H16ClN3O2S. The molecule has 0 bridgehead atoms. The molecule has 120 valence electrons. The fraction of sp³-hybridized carbons (Fsp3) is 0.188. The molecule has 0 radical (unpaired) electrons. The molecule has 2 aromatic rings. The first-order valence-corrected chi connectivity index (χ1v) is 8.64. The normalized spacial score (nSPS) is 18.3. The van der Waals surface area contributed by atoms with Gasteiger partial charge < -0.3 is 5.32 Å². The van der Waals surface area contributed by atoms with Crippen molar-refractivity contribution < 1.29 is 9.00 Å². The van der Waals surface area contributed by atoms with E-state index in [9.17, 15) is 9.00 Å². The topological polar surface area (TPSA) is 75.4 Å². The van der Waals surface area contributed by atoms with Crippen LogP contribution in [0.5, 0.6) is 0 Å². The van der Waals surface area contributed by atoms with Crippen LogP contribution < -0.4 is 15.4 Å². The molecule has 23 heavy (non-hydrogen) atoms. The second-order valence-corrected chi connectivity index (χ2v) is 6.85. The lowest BCUT2D eigenvalue weighted by atomic mass is 10.1. The van der Waals surface area contributed by atoms with E-state index in [0.29, 0.717) is 11.3 Å². The summed E-state index contributed by atoms with van der Waals surface area (Å²) < 4.78 is 11.6. The minimum Gasteiger partial charge on any atom is -0.364 e. The van der Waals surface area contributed by atoms with Crippen molar-refractivity contribution in [3.05, 3.63) is 52.5 Å². The van der Waals surface area contributed by atoms with E-state index in [2.05, 4.69) is 5.32 Å². The Morgan fingerprint density at radius 2 is 2.00 bits per heavy atom. The molecule has 1 heterocycles. The highest BCUT2D eigenvalue weighted by Crippen LogP contribution is 2.34. The number of hydrogen-bond donors (Lipinski definition) is 2. The van der Waals surface area contributed by atoms with Crippen molar-refractivity contribution in [2.75, 3.05) is 10.2 Å². The Kier molecular flexibility index (Phi) is 4.14. The summed E-state index contributed by atoms with van der Waals surface area (Å²) >= 11 is 6.09. The maximum Gasteiger partial charge on any atom is 0.262 e. The number of hydrogen-bond acceptors (Lipinski definition) is 3. The first-order valence-electron chi connectivity index (χ1n) is 7.05. The number of para-hydroxylation sites is 1. The van der Waals surface area contributed by atoms with E-state index in [0.717, 1.165) is 11.3 Å². The van der Waals surface area contributed by atoms with Gasteiger partial charge >= 0.3 is 0 Å². The Balaban J connectivity index is 2.13. The highest BCUT2D eigenvalue weighted by molar-refractivity contribution is 7.82. The second-order valence-electron chi connectivity index (χ2n) is 5.41. The summed E-state index contributed by atoms with van der Waals surface area (Å²) in [5.41, 5.74) is 2.85. The number of nitrogens with two attached hydrogens (primary N) is 1. The molecular weight excluding hydrogens is 334 g/mol. The monoisotopic (exact) mass is 349 g/mol. The number of benzene rings is 2. The lowest BCUT2D eigenvalue weighted by Gasteiger charge is -2.37. The zero-order valence-corrected chi connectivity index (χ0v) is 14.2. The largest absolute Gasteiger partial charge is 0.364 e. The van der Waals surface area contributed by atoms with E-state index >= 15 is 0 Å². The molecule has 0 saturated carbocycles. The number of halogens is 1. The number of nitrogens with zero attached hydrogens (tertiary/aromatic N) is 1. The number of carbonyl (C=O) groups is 1. The molecule has 1 amide bonds. The summed E-state index contributed by atoms with van der Waals surface area (Å²) in [4.78, 5) is 14.9. The van der Waals surface area contributed by atoms with Gasteiger partial charge in [0.25, 0.3) is 5.91 Å². The Labute approximate surface area is 142 Å². The zero-order valence-electron chi connectivity index (χ0n) is 12.7. The number of anilines is 2. The molecule has 2 atom stereocenters. The van der Waals surface area contributed by atoms with Crippen LogP contribution in [0.25, 0.3) is 0 Å². The highest BCUT2D eigenvalue weighted by Gasteiger charge is 2.32. The van der Waals surface area contributed by atoms with E-state index in [-0.39, 0.29) is 22.0 Å². The summed E-state index contributed by atoms with van der Waals surface area (Å²) in [6.07, 6.45) is -0.235. The van der Waals surface area contributed by atoms with Crippen LogP contribution in [0.4, 0.5) is 11.4 Å². The van der Waals surface area contributed by atoms with Gasteiger partial charge in [0.15, 0.2) is 0 Å². The van der Waals surface area contributed by atoms with Crippen LogP contribution in [-0.2, 0) is 11.0 Å². The summed E-state index contributed by atoms with van der Waals surface area (Å²) in [5, 5.41) is 8.97. The molecule has 0 saturated heterocycles. The van der Waals surface area contributed by atoms with E-state index in [1.54, 1.807) is 11.0 Å². The zero-order chi connectivity index (χ0) is 16.7.